The minimum atomic E-state index is -0.860. The largest absolute Gasteiger partial charge is 0.454 e. The molecule has 0 bridgehead atoms. The van der Waals surface area contributed by atoms with Gasteiger partial charge in [-0.05, 0) is 25.8 Å². The summed E-state index contributed by atoms with van der Waals surface area (Å²) in [7, 11) is 0. The SMILES string of the molecule is CC(=O)c1cc2c(cc1NC(=O)CN1C(=O)NC3(CCCC3)C1=O)OCO2. The van der Waals surface area contributed by atoms with Crippen LogP contribution in [0.25, 0.3) is 0 Å². The van der Waals surface area contributed by atoms with Crippen molar-refractivity contribution >= 4 is 29.3 Å². The number of nitrogens with zero attached hydrogens (tertiary/aromatic N) is 1. The molecule has 2 N–H and O–H groups in total. The number of Topliss-reactive ketones (excluding diaryl/α,β-unsaturated/α-hetero) is 1. The van der Waals surface area contributed by atoms with E-state index in [4.69, 9.17) is 9.47 Å². The Morgan fingerprint density at radius 2 is 1.85 bits per heavy atom. The van der Waals surface area contributed by atoms with Crippen LogP contribution in [-0.2, 0) is 9.59 Å². The van der Waals surface area contributed by atoms with Crippen LogP contribution in [0.5, 0.6) is 11.5 Å². The standard InChI is InChI=1S/C18H19N3O6/c1-10(22)11-6-13-14(27-9-26-13)7-12(11)19-15(23)8-21-16(24)18(20-17(21)25)4-2-3-5-18/h6-7H,2-5,8-9H2,1H3,(H,19,23)(H,20,25). The fourth-order valence-corrected chi connectivity index (χ4v) is 3.81. The highest BCUT2D eigenvalue weighted by Gasteiger charge is 2.52. The molecule has 9 nitrogen and oxygen atoms in total. The van der Waals surface area contributed by atoms with Crippen molar-refractivity contribution in [1.29, 1.82) is 0 Å². The third-order valence-electron chi connectivity index (χ3n) is 5.17. The highest BCUT2D eigenvalue weighted by molar-refractivity contribution is 6.11. The van der Waals surface area contributed by atoms with E-state index >= 15 is 0 Å². The Kier molecular flexibility index (Phi) is 4.01. The topological polar surface area (TPSA) is 114 Å². The van der Waals surface area contributed by atoms with Crippen LogP contribution in [0, 0.1) is 0 Å². The zero-order valence-electron chi connectivity index (χ0n) is 14.8. The number of rotatable bonds is 4. The molecule has 0 atom stereocenters. The molecule has 1 saturated heterocycles. The smallest absolute Gasteiger partial charge is 0.325 e. The average molecular weight is 373 g/mol. The van der Waals surface area contributed by atoms with Crippen molar-refractivity contribution in [1.82, 2.24) is 10.2 Å². The van der Waals surface area contributed by atoms with E-state index in [1.807, 2.05) is 0 Å². The summed E-state index contributed by atoms with van der Waals surface area (Å²) >= 11 is 0. The van der Waals surface area contributed by atoms with Gasteiger partial charge in [0.05, 0.1) is 5.69 Å². The van der Waals surface area contributed by atoms with Gasteiger partial charge >= 0.3 is 6.03 Å². The maximum absolute atomic E-state index is 12.6. The van der Waals surface area contributed by atoms with Gasteiger partial charge in [0.25, 0.3) is 5.91 Å². The summed E-state index contributed by atoms with van der Waals surface area (Å²) in [4.78, 5) is 50.1. The molecule has 1 spiro atoms. The van der Waals surface area contributed by atoms with E-state index in [1.165, 1.54) is 19.1 Å². The molecule has 0 aromatic heterocycles. The minimum Gasteiger partial charge on any atom is -0.454 e. The molecule has 27 heavy (non-hydrogen) atoms. The highest BCUT2D eigenvalue weighted by atomic mass is 16.7. The van der Waals surface area contributed by atoms with Crippen molar-refractivity contribution in [2.75, 3.05) is 18.7 Å². The second kappa shape index (κ2) is 6.26. The Morgan fingerprint density at radius 1 is 1.19 bits per heavy atom. The van der Waals surface area contributed by atoms with Crippen LogP contribution in [0.4, 0.5) is 10.5 Å². The lowest BCUT2D eigenvalue weighted by Gasteiger charge is -2.20. The summed E-state index contributed by atoms with van der Waals surface area (Å²) in [6, 6.07) is 2.44. The molecule has 2 heterocycles. The van der Waals surface area contributed by atoms with Crippen LogP contribution in [0.2, 0.25) is 0 Å². The van der Waals surface area contributed by atoms with Crippen LogP contribution in [0.1, 0.15) is 43.0 Å². The molecule has 0 unspecified atom stereocenters. The number of nitrogens with one attached hydrogen (secondary N) is 2. The monoisotopic (exact) mass is 373 g/mol. The van der Waals surface area contributed by atoms with Crippen molar-refractivity contribution in [3.63, 3.8) is 0 Å². The summed E-state index contributed by atoms with van der Waals surface area (Å²) < 4.78 is 10.5. The lowest BCUT2D eigenvalue weighted by molar-refractivity contribution is -0.133. The second-order valence-corrected chi connectivity index (χ2v) is 6.97. The third kappa shape index (κ3) is 2.88. The molecule has 1 aromatic carbocycles. The molecule has 0 radical (unpaired) electrons. The van der Waals surface area contributed by atoms with Crippen molar-refractivity contribution < 1.29 is 28.7 Å². The number of fused-ring (bicyclic) bond motifs is 1. The molecular formula is C18H19N3O6. The minimum absolute atomic E-state index is 0.0363. The number of benzene rings is 1. The molecule has 1 aliphatic carbocycles. The van der Waals surface area contributed by atoms with E-state index in [1.54, 1.807) is 0 Å². The van der Waals surface area contributed by atoms with Crippen LogP contribution < -0.4 is 20.1 Å². The maximum atomic E-state index is 12.6. The van der Waals surface area contributed by atoms with Crippen molar-refractivity contribution in [3.05, 3.63) is 17.7 Å². The molecule has 4 rings (SSSR count). The summed E-state index contributed by atoms with van der Waals surface area (Å²) in [6.07, 6.45) is 2.91. The van der Waals surface area contributed by atoms with E-state index in [9.17, 15) is 19.2 Å². The third-order valence-corrected chi connectivity index (χ3v) is 5.17. The lowest BCUT2D eigenvalue weighted by Crippen LogP contribution is -2.44. The van der Waals surface area contributed by atoms with Crippen LogP contribution in [0.3, 0.4) is 0 Å². The molecule has 1 aromatic rings. The normalized spacial score (nSPS) is 19.5. The zero-order chi connectivity index (χ0) is 19.2. The first-order valence-corrected chi connectivity index (χ1v) is 8.78. The van der Waals surface area contributed by atoms with Gasteiger partial charge in [-0.25, -0.2) is 4.79 Å². The molecule has 1 saturated carbocycles. The molecule has 4 amide bonds. The van der Waals surface area contributed by atoms with Crippen molar-refractivity contribution in [2.24, 2.45) is 0 Å². The average Bonchev–Trinajstić information content (AvgIpc) is 3.31. The van der Waals surface area contributed by atoms with Crippen molar-refractivity contribution in [3.8, 4) is 11.5 Å². The highest BCUT2D eigenvalue weighted by Crippen LogP contribution is 2.38. The number of urea groups is 1. The Bertz CT molecular complexity index is 859. The fourth-order valence-electron chi connectivity index (χ4n) is 3.81. The van der Waals surface area contributed by atoms with E-state index in [0.29, 0.717) is 24.3 Å². The van der Waals surface area contributed by atoms with Gasteiger partial charge in [0.1, 0.15) is 12.1 Å². The first kappa shape index (κ1) is 17.3. The van der Waals surface area contributed by atoms with Gasteiger partial charge in [-0.1, -0.05) is 12.8 Å². The molecular weight excluding hydrogens is 354 g/mol. The van der Waals surface area contributed by atoms with Crippen LogP contribution >= 0.6 is 0 Å². The molecule has 9 heteroatoms. The zero-order valence-corrected chi connectivity index (χ0v) is 14.8. The number of carbonyl (C=O) groups is 4. The number of hydrogen-bond acceptors (Lipinski definition) is 6. The van der Waals surface area contributed by atoms with E-state index in [2.05, 4.69) is 10.6 Å². The Labute approximate surface area is 155 Å². The van der Waals surface area contributed by atoms with Gasteiger partial charge in [-0.2, -0.15) is 0 Å². The van der Waals surface area contributed by atoms with Crippen molar-refractivity contribution in [2.45, 2.75) is 38.1 Å². The Balaban J connectivity index is 1.51. The first-order chi connectivity index (χ1) is 12.9. The maximum Gasteiger partial charge on any atom is 0.325 e. The number of hydrogen-bond donors (Lipinski definition) is 2. The lowest BCUT2D eigenvalue weighted by atomic mass is 9.98. The number of carbonyl (C=O) groups excluding carboxylic acids is 4. The van der Waals surface area contributed by atoms with Gasteiger partial charge < -0.3 is 20.1 Å². The van der Waals surface area contributed by atoms with Gasteiger partial charge in [0.2, 0.25) is 12.7 Å². The Hall–Kier alpha value is -3.10. The number of amides is 4. The van der Waals surface area contributed by atoms with E-state index in [0.717, 1.165) is 17.7 Å². The quantitative estimate of drug-likeness (QED) is 0.609. The van der Waals surface area contributed by atoms with Crippen LogP contribution in [0.15, 0.2) is 12.1 Å². The molecule has 3 aliphatic rings. The second-order valence-electron chi connectivity index (χ2n) is 6.97. The Morgan fingerprint density at radius 3 is 2.52 bits per heavy atom. The number of anilines is 1. The summed E-state index contributed by atoms with van der Waals surface area (Å²) in [6.45, 7) is 0.987. The molecule has 2 aliphatic heterocycles. The van der Waals surface area contributed by atoms with Gasteiger partial charge in [-0.15, -0.1) is 0 Å². The summed E-state index contributed by atoms with van der Waals surface area (Å²) in [5.74, 6) is -0.360. The number of ether oxygens (including phenoxy) is 2. The van der Waals surface area contributed by atoms with Gasteiger partial charge in [0, 0.05) is 11.6 Å². The van der Waals surface area contributed by atoms with Crippen LogP contribution in [-0.4, -0.2) is 47.4 Å². The summed E-state index contributed by atoms with van der Waals surface area (Å²) in [5.41, 5.74) is -0.350. The predicted octanol–water partition coefficient (Wildman–Crippen LogP) is 1.42. The van der Waals surface area contributed by atoms with E-state index < -0.39 is 24.0 Å². The van der Waals surface area contributed by atoms with Gasteiger partial charge in [-0.3, -0.25) is 19.3 Å². The van der Waals surface area contributed by atoms with Gasteiger partial charge in [0.15, 0.2) is 17.3 Å². The number of ketones is 1. The molecule has 142 valence electrons. The fraction of sp³-hybridized carbons (Fsp3) is 0.444. The predicted molar refractivity (Wildman–Crippen MR) is 92.6 cm³/mol. The number of imide groups is 1. The summed E-state index contributed by atoms with van der Waals surface area (Å²) in [5, 5.41) is 5.33. The first-order valence-electron chi connectivity index (χ1n) is 8.78. The molecule has 2 fully saturated rings. The van der Waals surface area contributed by atoms with E-state index in [-0.39, 0.29) is 29.7 Å².